The highest BCUT2D eigenvalue weighted by Gasteiger charge is 2.31. The normalized spacial score (nSPS) is 12.3. The van der Waals surface area contributed by atoms with Crippen LogP contribution in [0.4, 0.5) is 0 Å². The van der Waals surface area contributed by atoms with Gasteiger partial charge in [0.25, 0.3) is 5.69 Å². The first-order chi connectivity index (χ1) is 12.1. The fraction of sp³-hybridized carbons (Fsp3) is 0.174. The molecule has 0 aliphatic carbocycles. The number of hydrogen-bond acceptors (Lipinski definition) is 1. The molecule has 4 aromatic rings. The van der Waals surface area contributed by atoms with Crippen molar-refractivity contribution in [1.82, 2.24) is 0 Å². The van der Waals surface area contributed by atoms with E-state index in [4.69, 9.17) is 4.74 Å². The fourth-order valence-electron chi connectivity index (χ4n) is 4.16. The lowest BCUT2D eigenvalue weighted by atomic mass is 9.90. The Morgan fingerprint density at radius 1 is 0.840 bits per heavy atom. The van der Waals surface area contributed by atoms with E-state index < -0.39 is 0 Å². The Labute approximate surface area is 147 Å². The number of benzene rings is 3. The van der Waals surface area contributed by atoms with Crippen LogP contribution in [0.2, 0.25) is 0 Å². The zero-order valence-corrected chi connectivity index (χ0v) is 15.0. The van der Waals surface area contributed by atoms with Crippen molar-refractivity contribution in [3.8, 4) is 22.8 Å². The lowest BCUT2D eigenvalue weighted by Gasteiger charge is -2.22. The van der Waals surface area contributed by atoms with E-state index in [-0.39, 0.29) is 0 Å². The maximum Gasteiger partial charge on any atom is 0.256 e. The predicted octanol–water partition coefficient (Wildman–Crippen LogP) is 5.52. The second-order valence-electron chi connectivity index (χ2n) is 7.07. The van der Waals surface area contributed by atoms with E-state index in [1.807, 2.05) is 0 Å². The minimum absolute atomic E-state index is 0.943. The Kier molecular flexibility index (Phi) is 2.79. The average molecular weight is 326 g/mol. The molecule has 0 saturated heterocycles. The molecule has 0 bridgehead atoms. The maximum atomic E-state index is 6.37. The molecule has 0 fully saturated rings. The molecule has 0 atom stereocenters. The Morgan fingerprint density at radius 2 is 1.64 bits per heavy atom. The van der Waals surface area contributed by atoms with E-state index in [1.54, 1.807) is 0 Å². The highest BCUT2D eigenvalue weighted by Crippen LogP contribution is 2.47. The number of pyridine rings is 1. The highest BCUT2D eigenvalue weighted by molar-refractivity contribution is 6.05. The number of rotatable bonds is 0. The second kappa shape index (κ2) is 4.82. The number of hydrogen-bond donors (Lipinski definition) is 0. The van der Waals surface area contributed by atoms with Crippen molar-refractivity contribution in [1.29, 1.82) is 0 Å². The second-order valence-corrected chi connectivity index (χ2v) is 7.07. The first-order valence-corrected chi connectivity index (χ1v) is 8.70. The van der Waals surface area contributed by atoms with Crippen LogP contribution in [0.25, 0.3) is 32.9 Å². The van der Waals surface area contributed by atoms with Gasteiger partial charge in [-0.1, -0.05) is 30.3 Å². The van der Waals surface area contributed by atoms with Crippen LogP contribution in [0.3, 0.4) is 0 Å². The molecule has 5 rings (SSSR count). The van der Waals surface area contributed by atoms with E-state index in [2.05, 4.69) is 80.9 Å². The summed E-state index contributed by atoms with van der Waals surface area (Å²) >= 11 is 0. The summed E-state index contributed by atoms with van der Waals surface area (Å²) in [6.45, 7) is 6.57. The predicted molar refractivity (Wildman–Crippen MR) is 102 cm³/mol. The summed E-state index contributed by atoms with van der Waals surface area (Å²) in [5, 5.41) is 3.70. The van der Waals surface area contributed by atoms with E-state index in [0.717, 1.165) is 11.5 Å². The summed E-state index contributed by atoms with van der Waals surface area (Å²) in [4.78, 5) is 0. The molecule has 0 spiro atoms. The quantitative estimate of drug-likeness (QED) is 0.342. The number of fused-ring (bicyclic) bond motifs is 3. The van der Waals surface area contributed by atoms with E-state index >= 15 is 0 Å². The van der Waals surface area contributed by atoms with Crippen LogP contribution in [0.5, 0.6) is 11.5 Å². The number of aromatic nitrogens is 1. The molecule has 1 aliphatic rings. The van der Waals surface area contributed by atoms with Crippen molar-refractivity contribution in [2.75, 3.05) is 0 Å². The molecule has 122 valence electrons. The molecule has 0 saturated carbocycles. The van der Waals surface area contributed by atoms with Crippen LogP contribution in [0, 0.1) is 20.8 Å². The van der Waals surface area contributed by atoms with E-state index in [1.165, 1.54) is 49.6 Å². The third kappa shape index (κ3) is 1.82. The molecule has 1 aromatic heterocycles. The van der Waals surface area contributed by atoms with Crippen molar-refractivity contribution in [3.63, 3.8) is 0 Å². The van der Waals surface area contributed by atoms with Gasteiger partial charge in [0, 0.05) is 17.5 Å². The highest BCUT2D eigenvalue weighted by atomic mass is 16.5. The Balaban J connectivity index is 2.03. The van der Waals surface area contributed by atoms with Gasteiger partial charge in [-0.05, 0) is 48.9 Å². The molecule has 3 aromatic carbocycles. The summed E-state index contributed by atoms with van der Waals surface area (Å²) in [5.41, 5.74) is 7.62. The van der Waals surface area contributed by atoms with Gasteiger partial charge in [0.05, 0.1) is 10.9 Å². The van der Waals surface area contributed by atoms with Gasteiger partial charge < -0.3 is 4.74 Å². The molecule has 25 heavy (non-hydrogen) atoms. The summed E-state index contributed by atoms with van der Waals surface area (Å²) in [7, 11) is 2.14. The van der Waals surface area contributed by atoms with Crippen molar-refractivity contribution in [2.24, 2.45) is 7.05 Å². The first-order valence-electron chi connectivity index (χ1n) is 8.70. The third-order valence-corrected chi connectivity index (χ3v) is 5.61. The van der Waals surface area contributed by atoms with Crippen molar-refractivity contribution in [3.05, 3.63) is 65.2 Å². The molecule has 0 amide bonds. The van der Waals surface area contributed by atoms with Crippen molar-refractivity contribution >= 4 is 21.7 Å². The molecule has 2 nitrogen and oxygen atoms in total. The van der Waals surface area contributed by atoms with Crippen LogP contribution >= 0.6 is 0 Å². The third-order valence-electron chi connectivity index (χ3n) is 5.61. The minimum atomic E-state index is 0.943. The standard InChI is InChI=1S/C23H20NO/c1-13-7-5-9-18-17(13)12-20-23(24(18)4)21-15(3)14(2)11-16-8-6-10-19(25-20)22(16)21/h5-12H,1-4H3/q+1. The van der Waals surface area contributed by atoms with Gasteiger partial charge in [-0.3, -0.25) is 0 Å². The Morgan fingerprint density at radius 3 is 2.48 bits per heavy atom. The van der Waals surface area contributed by atoms with Gasteiger partial charge in [0.1, 0.15) is 12.8 Å². The SMILES string of the molecule is Cc1cc2cccc3c2c(c1C)-c1c(cc2c(C)cccc2[n+]1C)O3. The lowest BCUT2D eigenvalue weighted by molar-refractivity contribution is -0.633. The van der Waals surface area contributed by atoms with E-state index in [0.29, 0.717) is 0 Å². The molecule has 2 heterocycles. The summed E-state index contributed by atoms with van der Waals surface area (Å²) in [6, 6.07) is 17.3. The van der Waals surface area contributed by atoms with Crippen LogP contribution in [-0.2, 0) is 7.05 Å². The van der Waals surface area contributed by atoms with Crippen molar-refractivity contribution < 1.29 is 9.30 Å². The largest absolute Gasteiger partial charge is 0.450 e. The topological polar surface area (TPSA) is 13.1 Å². The molecule has 0 radical (unpaired) electrons. The van der Waals surface area contributed by atoms with Crippen LogP contribution < -0.4 is 9.30 Å². The summed E-state index contributed by atoms with van der Waals surface area (Å²) < 4.78 is 8.65. The van der Waals surface area contributed by atoms with Gasteiger partial charge in [-0.2, -0.15) is 4.57 Å². The van der Waals surface area contributed by atoms with Crippen molar-refractivity contribution in [2.45, 2.75) is 20.8 Å². The van der Waals surface area contributed by atoms with Gasteiger partial charge >= 0.3 is 0 Å². The maximum absolute atomic E-state index is 6.37. The molecular formula is C23H20NO+. The number of aryl methyl sites for hydroxylation is 3. The number of ether oxygens (including phenoxy) is 1. The molecular weight excluding hydrogens is 306 g/mol. The van der Waals surface area contributed by atoms with Gasteiger partial charge in [0.15, 0.2) is 5.75 Å². The van der Waals surface area contributed by atoms with E-state index in [9.17, 15) is 0 Å². The minimum Gasteiger partial charge on any atom is -0.450 e. The monoisotopic (exact) mass is 326 g/mol. The average Bonchev–Trinajstić information content (AvgIpc) is 2.60. The molecule has 0 unspecified atom stereocenters. The molecule has 0 N–H and O–H groups in total. The van der Waals surface area contributed by atoms with Crippen LogP contribution in [-0.4, -0.2) is 0 Å². The zero-order chi connectivity index (χ0) is 17.3. The first kappa shape index (κ1) is 14.5. The number of nitrogens with zero attached hydrogens (tertiary/aromatic N) is 1. The zero-order valence-electron chi connectivity index (χ0n) is 15.0. The Hall–Kier alpha value is -2.87. The van der Waals surface area contributed by atoms with Gasteiger partial charge in [-0.15, -0.1) is 0 Å². The van der Waals surface area contributed by atoms with Crippen LogP contribution in [0.15, 0.2) is 48.5 Å². The lowest BCUT2D eigenvalue weighted by Crippen LogP contribution is -2.33. The summed E-state index contributed by atoms with van der Waals surface area (Å²) in [5.74, 6) is 1.90. The van der Waals surface area contributed by atoms with Gasteiger partial charge in [-0.25, -0.2) is 0 Å². The Bertz CT molecular complexity index is 1200. The van der Waals surface area contributed by atoms with Gasteiger partial charge in [0.2, 0.25) is 5.52 Å². The van der Waals surface area contributed by atoms with Crippen LogP contribution in [0.1, 0.15) is 16.7 Å². The summed E-state index contributed by atoms with van der Waals surface area (Å²) in [6.07, 6.45) is 0. The molecule has 2 heteroatoms. The molecule has 1 aliphatic heterocycles. The fourth-order valence-corrected chi connectivity index (χ4v) is 4.16. The smallest absolute Gasteiger partial charge is 0.256 e.